The Hall–Kier alpha value is -1.89. The summed E-state index contributed by atoms with van der Waals surface area (Å²) in [5.74, 6) is -0.564. The molecule has 0 aliphatic rings. The summed E-state index contributed by atoms with van der Waals surface area (Å²) in [4.78, 5) is 4.02. The molecule has 0 aliphatic heterocycles. The Morgan fingerprint density at radius 3 is 2.68 bits per heavy atom. The van der Waals surface area contributed by atoms with Gasteiger partial charge in [-0.25, -0.2) is 4.39 Å². The van der Waals surface area contributed by atoms with Crippen LogP contribution in [0.3, 0.4) is 0 Å². The third-order valence-electron chi connectivity index (χ3n) is 2.41. The van der Waals surface area contributed by atoms with Crippen molar-refractivity contribution >= 4 is 34.9 Å². The normalized spacial score (nSPS) is 11.2. The van der Waals surface area contributed by atoms with E-state index in [1.165, 1.54) is 24.4 Å². The third-order valence-corrected chi connectivity index (χ3v) is 2.92. The van der Waals surface area contributed by atoms with E-state index in [1.807, 2.05) is 6.07 Å². The van der Waals surface area contributed by atoms with Gasteiger partial charge in [-0.05, 0) is 24.3 Å². The number of aromatic nitrogens is 1. The van der Waals surface area contributed by atoms with Gasteiger partial charge in [0.1, 0.15) is 11.9 Å². The minimum atomic E-state index is -0.564. The van der Waals surface area contributed by atoms with E-state index in [0.29, 0.717) is 10.7 Å². The lowest BCUT2D eigenvalue weighted by Gasteiger charge is -2.01. The molecule has 0 amide bonds. The van der Waals surface area contributed by atoms with Crippen LogP contribution in [0, 0.1) is 17.1 Å². The molecule has 0 spiro atoms. The molecular weight excluding hydrogens is 286 g/mol. The number of benzene rings is 1. The van der Waals surface area contributed by atoms with Crippen molar-refractivity contribution in [3.63, 3.8) is 0 Å². The molecule has 1 heterocycles. The second-order valence-corrected chi connectivity index (χ2v) is 4.52. The Labute approximate surface area is 119 Å². The zero-order valence-corrected chi connectivity index (χ0v) is 11.1. The Morgan fingerprint density at radius 1 is 1.26 bits per heavy atom. The fourth-order valence-corrected chi connectivity index (χ4v) is 1.78. The van der Waals surface area contributed by atoms with Gasteiger partial charge in [0.15, 0.2) is 0 Å². The quantitative estimate of drug-likeness (QED) is 0.759. The van der Waals surface area contributed by atoms with Crippen molar-refractivity contribution < 1.29 is 4.39 Å². The number of halogens is 3. The van der Waals surface area contributed by atoms with Crippen LogP contribution in [0.2, 0.25) is 10.0 Å². The van der Waals surface area contributed by atoms with Gasteiger partial charge in [-0.3, -0.25) is 4.98 Å². The molecule has 0 N–H and O–H groups in total. The zero-order valence-electron chi connectivity index (χ0n) is 9.57. The molecular formula is C14H7Cl2FN2. The van der Waals surface area contributed by atoms with Crippen LogP contribution in [-0.2, 0) is 0 Å². The SMILES string of the molecule is N#CC(=Cc1cccc(Cl)c1F)c1ccc(Cl)cn1. The maximum Gasteiger partial charge on any atom is 0.149 e. The van der Waals surface area contributed by atoms with Gasteiger partial charge in [0.05, 0.1) is 21.3 Å². The largest absolute Gasteiger partial charge is 0.254 e. The fraction of sp³-hybridized carbons (Fsp3) is 0. The molecule has 0 fully saturated rings. The van der Waals surface area contributed by atoms with Gasteiger partial charge in [0.25, 0.3) is 0 Å². The summed E-state index contributed by atoms with van der Waals surface area (Å²) in [6.45, 7) is 0. The van der Waals surface area contributed by atoms with E-state index in [4.69, 9.17) is 28.5 Å². The topological polar surface area (TPSA) is 36.7 Å². The van der Waals surface area contributed by atoms with E-state index in [2.05, 4.69) is 4.98 Å². The Kier molecular flexibility index (Phi) is 4.16. The van der Waals surface area contributed by atoms with Crippen LogP contribution in [-0.4, -0.2) is 4.98 Å². The average Bonchev–Trinajstić information content (AvgIpc) is 2.42. The first-order valence-corrected chi connectivity index (χ1v) is 6.05. The van der Waals surface area contributed by atoms with Gasteiger partial charge < -0.3 is 0 Å². The van der Waals surface area contributed by atoms with Gasteiger partial charge in [0, 0.05) is 11.8 Å². The average molecular weight is 293 g/mol. The molecule has 0 saturated carbocycles. The molecule has 19 heavy (non-hydrogen) atoms. The van der Waals surface area contributed by atoms with E-state index in [9.17, 15) is 4.39 Å². The van der Waals surface area contributed by atoms with Gasteiger partial charge in [0.2, 0.25) is 0 Å². The van der Waals surface area contributed by atoms with E-state index in [-0.39, 0.29) is 16.2 Å². The van der Waals surface area contributed by atoms with E-state index in [1.54, 1.807) is 18.2 Å². The van der Waals surface area contributed by atoms with Crippen LogP contribution < -0.4 is 0 Å². The molecule has 0 radical (unpaired) electrons. The van der Waals surface area contributed by atoms with Crippen LogP contribution in [0.4, 0.5) is 4.39 Å². The predicted molar refractivity (Wildman–Crippen MR) is 74.1 cm³/mol. The lowest BCUT2D eigenvalue weighted by molar-refractivity contribution is 0.625. The Morgan fingerprint density at radius 2 is 2.05 bits per heavy atom. The molecule has 5 heteroatoms. The summed E-state index contributed by atoms with van der Waals surface area (Å²) in [5, 5.41) is 9.60. The highest BCUT2D eigenvalue weighted by molar-refractivity contribution is 6.31. The van der Waals surface area contributed by atoms with Crippen molar-refractivity contribution in [2.45, 2.75) is 0 Å². The van der Waals surface area contributed by atoms with Crippen molar-refractivity contribution in [2.75, 3.05) is 0 Å². The van der Waals surface area contributed by atoms with E-state index in [0.717, 1.165) is 0 Å². The van der Waals surface area contributed by atoms with Crippen molar-refractivity contribution in [3.05, 3.63) is 63.6 Å². The highest BCUT2D eigenvalue weighted by atomic mass is 35.5. The number of pyridine rings is 1. The molecule has 0 saturated heterocycles. The maximum absolute atomic E-state index is 13.8. The second kappa shape index (κ2) is 5.83. The third kappa shape index (κ3) is 3.11. The van der Waals surface area contributed by atoms with E-state index >= 15 is 0 Å². The standard InChI is InChI=1S/C14H7Cl2FN2/c15-11-4-5-13(19-8-11)10(7-18)6-9-2-1-3-12(16)14(9)17/h1-6,8H. The predicted octanol–water partition coefficient (Wildman–Crippen LogP) is 4.59. The number of hydrogen-bond acceptors (Lipinski definition) is 2. The molecule has 2 aromatic rings. The zero-order chi connectivity index (χ0) is 13.8. The smallest absolute Gasteiger partial charge is 0.149 e. The highest BCUT2D eigenvalue weighted by Crippen LogP contribution is 2.23. The number of nitrogens with zero attached hydrogens (tertiary/aromatic N) is 2. The fourth-order valence-electron chi connectivity index (χ4n) is 1.49. The van der Waals surface area contributed by atoms with Crippen molar-refractivity contribution in [3.8, 4) is 6.07 Å². The lowest BCUT2D eigenvalue weighted by Crippen LogP contribution is -1.89. The molecule has 0 unspecified atom stereocenters. The van der Waals surface area contributed by atoms with Gasteiger partial charge in [-0.15, -0.1) is 0 Å². The molecule has 2 rings (SSSR count). The van der Waals surface area contributed by atoms with Gasteiger partial charge in [-0.2, -0.15) is 5.26 Å². The Bertz CT molecular complexity index is 673. The summed E-state index contributed by atoms with van der Waals surface area (Å²) in [6.07, 6.45) is 2.83. The first kappa shape index (κ1) is 13.5. The van der Waals surface area contributed by atoms with Crippen LogP contribution in [0.25, 0.3) is 11.6 Å². The summed E-state index contributed by atoms with van der Waals surface area (Å²) in [6, 6.07) is 9.78. The minimum absolute atomic E-state index is 0.00936. The summed E-state index contributed by atoms with van der Waals surface area (Å²) in [7, 11) is 0. The summed E-state index contributed by atoms with van der Waals surface area (Å²) < 4.78 is 13.8. The molecule has 0 bridgehead atoms. The summed E-state index contributed by atoms with van der Waals surface area (Å²) in [5.41, 5.74) is 0.893. The van der Waals surface area contributed by atoms with Crippen molar-refractivity contribution in [1.29, 1.82) is 5.26 Å². The molecule has 2 nitrogen and oxygen atoms in total. The lowest BCUT2D eigenvalue weighted by atomic mass is 10.1. The first-order valence-electron chi connectivity index (χ1n) is 5.29. The molecule has 0 atom stereocenters. The minimum Gasteiger partial charge on any atom is -0.254 e. The van der Waals surface area contributed by atoms with Gasteiger partial charge in [-0.1, -0.05) is 35.3 Å². The molecule has 94 valence electrons. The summed E-state index contributed by atoms with van der Waals surface area (Å²) >= 11 is 11.4. The highest BCUT2D eigenvalue weighted by Gasteiger charge is 2.07. The van der Waals surface area contributed by atoms with Crippen LogP contribution in [0.15, 0.2) is 36.5 Å². The van der Waals surface area contributed by atoms with Crippen LogP contribution >= 0.6 is 23.2 Å². The molecule has 1 aromatic heterocycles. The number of hydrogen-bond donors (Lipinski definition) is 0. The van der Waals surface area contributed by atoms with Crippen LogP contribution in [0.5, 0.6) is 0 Å². The Balaban J connectivity index is 2.48. The molecule has 0 aliphatic carbocycles. The first-order chi connectivity index (χ1) is 9.11. The number of rotatable bonds is 2. The maximum atomic E-state index is 13.8. The van der Waals surface area contributed by atoms with Gasteiger partial charge >= 0.3 is 0 Å². The van der Waals surface area contributed by atoms with Crippen molar-refractivity contribution in [1.82, 2.24) is 4.98 Å². The number of nitriles is 1. The van der Waals surface area contributed by atoms with Crippen LogP contribution in [0.1, 0.15) is 11.3 Å². The monoisotopic (exact) mass is 292 g/mol. The number of allylic oxidation sites excluding steroid dienone is 1. The second-order valence-electron chi connectivity index (χ2n) is 3.67. The van der Waals surface area contributed by atoms with E-state index < -0.39 is 5.82 Å². The molecule has 1 aromatic carbocycles. The van der Waals surface area contributed by atoms with Crippen molar-refractivity contribution in [2.24, 2.45) is 0 Å².